The van der Waals surface area contributed by atoms with Gasteiger partial charge in [0.2, 0.25) is 0 Å². The fourth-order valence-electron chi connectivity index (χ4n) is 0. The van der Waals surface area contributed by atoms with Crippen LogP contribution in [0.1, 0.15) is 0 Å². The summed E-state index contributed by atoms with van der Waals surface area (Å²) in [5.41, 5.74) is 0. The Morgan fingerprint density at radius 2 is 0.400 bits per heavy atom. The zero-order valence-electron chi connectivity index (χ0n) is 2.66. The van der Waals surface area contributed by atoms with Crippen LogP contribution < -0.4 is 0 Å². The van der Waals surface area contributed by atoms with Gasteiger partial charge in [-0.05, 0) is 0 Å². The Hall–Kier alpha value is 0.463. The van der Waals surface area contributed by atoms with Crippen molar-refractivity contribution in [3.63, 3.8) is 0 Å². The van der Waals surface area contributed by atoms with Crippen LogP contribution in [-0.2, 0) is 19.5 Å². The molecule has 4 nitrogen and oxygen atoms in total. The predicted molar refractivity (Wildman–Crippen MR) is 21.1 cm³/mol. The van der Waals surface area contributed by atoms with Crippen LogP contribution in [0, 0.1) is 0 Å². The van der Waals surface area contributed by atoms with Gasteiger partial charge < -0.3 is 24.6 Å². The Morgan fingerprint density at radius 3 is 0.400 bits per heavy atom. The molecule has 0 aromatic rings. The van der Waals surface area contributed by atoms with Gasteiger partial charge in [-0.2, -0.15) is 0 Å². The van der Waals surface area contributed by atoms with E-state index in [1.807, 2.05) is 0 Å². The van der Waals surface area contributed by atoms with Crippen LogP contribution in [0.4, 0.5) is 0 Å². The molecule has 0 aromatic carbocycles. The molecule has 0 spiro atoms. The second kappa shape index (κ2) is 249. The zero-order chi connectivity index (χ0) is 0. The Bertz CT molecular complexity index is 3.61. The third-order valence-electron chi connectivity index (χ3n) is 0. The molecule has 0 aromatic heterocycles. The number of nitrogens with two attached hydrogens (primary N) is 4. The number of hydrogen-bond donors (Lipinski definition) is 0. The van der Waals surface area contributed by atoms with Gasteiger partial charge in [-0.15, -0.1) is 0 Å². The van der Waals surface area contributed by atoms with E-state index >= 15 is 0 Å². The average molecular weight is 165 g/mol. The Kier molecular flexibility index (Phi) is 25300. The average Bonchev–Trinajstić information content (AvgIpc) is 0. The Labute approximate surface area is 44.8 Å². The van der Waals surface area contributed by atoms with Gasteiger partial charge in [0.25, 0.3) is 0 Å². The van der Waals surface area contributed by atoms with E-state index in [1.165, 1.54) is 0 Å². The van der Waals surface area contributed by atoms with Crippen LogP contribution in [0.25, 0.3) is 24.6 Å². The summed E-state index contributed by atoms with van der Waals surface area (Å²) in [4.78, 5) is 0. The summed E-state index contributed by atoms with van der Waals surface area (Å²) >= 11 is 0. The van der Waals surface area contributed by atoms with E-state index in [0.29, 0.717) is 0 Å². The monoisotopic (exact) mass is 166 g/mol. The first-order chi connectivity index (χ1) is 0. The minimum Gasteiger partial charge on any atom is -0.693 e. The maximum absolute atomic E-state index is 0. The molecule has 0 aliphatic carbocycles. The first-order valence-electron chi connectivity index (χ1n) is 0. The second-order valence-corrected chi connectivity index (χ2v) is 0. The van der Waals surface area contributed by atoms with Crippen molar-refractivity contribution in [1.29, 1.82) is 0 Å². The molecule has 0 fully saturated rings. The summed E-state index contributed by atoms with van der Waals surface area (Å²) in [6, 6.07) is 0. The molecule has 0 unspecified atom stereocenters. The van der Waals surface area contributed by atoms with Crippen LogP contribution in [0.5, 0.6) is 0 Å². The maximum atomic E-state index is 0. The number of hydrogen-bond acceptors (Lipinski definition) is 0. The van der Waals surface area contributed by atoms with E-state index in [0.717, 1.165) is 0 Å². The molecular formula is H8N4Ru-. The summed E-state index contributed by atoms with van der Waals surface area (Å²) < 4.78 is 0. The molecule has 5 heteroatoms. The Balaban J connectivity index is 0. The summed E-state index contributed by atoms with van der Waals surface area (Å²) in [5, 5.41) is 0. The van der Waals surface area contributed by atoms with Crippen molar-refractivity contribution in [2.45, 2.75) is 0 Å². The molecule has 0 amide bonds. The van der Waals surface area contributed by atoms with Gasteiger partial charge >= 0.3 is 19.5 Å². The summed E-state index contributed by atoms with van der Waals surface area (Å²) in [6.45, 7) is 0. The van der Waals surface area contributed by atoms with Crippen LogP contribution in [-0.4, -0.2) is 0 Å². The van der Waals surface area contributed by atoms with Crippen LogP contribution in [0.3, 0.4) is 0 Å². The van der Waals surface area contributed by atoms with E-state index in [9.17, 15) is 0 Å². The van der Waals surface area contributed by atoms with Crippen molar-refractivity contribution in [3.05, 3.63) is 24.6 Å². The molecule has 0 aliphatic rings. The first kappa shape index (κ1) is 507. The molecule has 0 atom stereocenters. The van der Waals surface area contributed by atoms with Gasteiger partial charge in [-0.3, -0.25) is 0 Å². The summed E-state index contributed by atoms with van der Waals surface area (Å²) in [5.74, 6) is 0. The van der Waals surface area contributed by atoms with E-state index in [-0.39, 0.29) is 44.1 Å². The molecule has 0 bridgehead atoms. The molecule has 37 valence electrons. The van der Waals surface area contributed by atoms with Crippen molar-refractivity contribution in [2.75, 3.05) is 0 Å². The molecule has 1 radical (unpaired) electrons. The number of rotatable bonds is 0. The van der Waals surface area contributed by atoms with Crippen molar-refractivity contribution in [1.82, 2.24) is 0 Å². The van der Waals surface area contributed by atoms with Gasteiger partial charge in [-0.25, -0.2) is 0 Å². The van der Waals surface area contributed by atoms with Crippen LogP contribution in [0.15, 0.2) is 0 Å². The van der Waals surface area contributed by atoms with Gasteiger partial charge in [0, 0.05) is 0 Å². The summed E-state index contributed by atoms with van der Waals surface area (Å²) in [6.07, 6.45) is 0. The molecule has 0 saturated carbocycles. The van der Waals surface area contributed by atoms with Crippen molar-refractivity contribution < 1.29 is 19.5 Å². The second-order valence-electron chi connectivity index (χ2n) is 0. The molecule has 0 aliphatic heterocycles. The van der Waals surface area contributed by atoms with E-state index in [1.54, 1.807) is 0 Å². The van der Waals surface area contributed by atoms with Gasteiger partial charge in [-0.1, -0.05) is 0 Å². The standard InChI is InChI=1S/4H2N.Ru/h4*1H2;/q4*-1;+3. The quantitative estimate of drug-likeness (QED) is 0.488. The Morgan fingerprint density at radius 1 is 0.400 bits per heavy atom. The fraction of sp³-hybridized carbons (Fsp3) is 0. The third-order valence-corrected chi connectivity index (χ3v) is 0. The van der Waals surface area contributed by atoms with Crippen LogP contribution in [0.2, 0.25) is 0 Å². The van der Waals surface area contributed by atoms with E-state index < -0.39 is 0 Å². The predicted octanol–water partition coefficient (Wildman–Crippen LogP) is 2.87. The van der Waals surface area contributed by atoms with Crippen molar-refractivity contribution >= 4 is 0 Å². The molecule has 0 rings (SSSR count). The molecule has 5 heavy (non-hydrogen) atoms. The maximum Gasteiger partial charge on any atom is 3.00 e. The van der Waals surface area contributed by atoms with E-state index in [2.05, 4.69) is 0 Å². The van der Waals surface area contributed by atoms with E-state index in [4.69, 9.17) is 0 Å². The van der Waals surface area contributed by atoms with Gasteiger partial charge in [0.1, 0.15) is 0 Å². The SMILES string of the molecule is [NH2-].[NH2-].[NH2-].[NH2-].[Ru+3]. The van der Waals surface area contributed by atoms with Crippen LogP contribution >= 0.6 is 0 Å². The minimum atomic E-state index is 0. The molecular weight excluding hydrogens is 157 g/mol. The van der Waals surface area contributed by atoms with Gasteiger partial charge in [0.05, 0.1) is 0 Å². The third kappa shape index (κ3) is 126. The molecule has 0 saturated heterocycles. The fourth-order valence-corrected chi connectivity index (χ4v) is 0. The summed E-state index contributed by atoms with van der Waals surface area (Å²) in [7, 11) is 0. The molecule has 0 heterocycles. The first-order valence-corrected chi connectivity index (χ1v) is 0. The topological polar surface area (TPSA) is 134 Å². The zero-order valence-corrected chi connectivity index (χ0v) is 4.40. The van der Waals surface area contributed by atoms with Crippen molar-refractivity contribution in [2.24, 2.45) is 0 Å². The van der Waals surface area contributed by atoms with Crippen molar-refractivity contribution in [3.8, 4) is 0 Å². The normalized spacial score (nSPS) is 0. The van der Waals surface area contributed by atoms with Gasteiger partial charge in [0.15, 0.2) is 0 Å². The minimum absolute atomic E-state index is 0. The smallest absolute Gasteiger partial charge is 0.693 e. The largest absolute Gasteiger partial charge is 3.00 e. The molecule has 8 N–H and O–H groups in total.